The summed E-state index contributed by atoms with van der Waals surface area (Å²) in [6.07, 6.45) is 3.36. The van der Waals surface area contributed by atoms with Gasteiger partial charge < -0.3 is 15.4 Å². The minimum Gasteiger partial charge on any atom is -0.444 e. The third kappa shape index (κ3) is 3.50. The maximum Gasteiger partial charge on any atom is 0.410 e. The molecule has 3 rings (SSSR count). The topological polar surface area (TPSA) is 97.2 Å². The summed E-state index contributed by atoms with van der Waals surface area (Å²) in [4.78, 5) is 14.4. The molecule has 7 nitrogen and oxygen atoms in total. The molecule has 26 heavy (non-hydrogen) atoms. The molecule has 1 aromatic rings. The van der Waals surface area contributed by atoms with Crippen LogP contribution in [-0.2, 0) is 4.74 Å². The van der Waals surface area contributed by atoms with E-state index in [0.29, 0.717) is 17.3 Å². The number of nitriles is 1. The van der Waals surface area contributed by atoms with E-state index in [4.69, 9.17) is 15.6 Å². The average Bonchev–Trinajstić information content (AvgIpc) is 3.28. The van der Waals surface area contributed by atoms with Gasteiger partial charge in [0, 0.05) is 18.0 Å². The number of likely N-dealkylation sites (tertiary alicyclic amines) is 1. The van der Waals surface area contributed by atoms with Crippen LogP contribution < -0.4 is 5.73 Å². The molecule has 2 N–H and O–H groups in total. The van der Waals surface area contributed by atoms with Crippen molar-refractivity contribution < 1.29 is 9.53 Å². The van der Waals surface area contributed by atoms with E-state index in [2.05, 4.69) is 6.07 Å². The molecule has 1 aromatic heterocycles. The predicted octanol–water partition coefficient (Wildman–Crippen LogP) is 3.56. The van der Waals surface area contributed by atoms with Crippen molar-refractivity contribution in [2.24, 2.45) is 0 Å². The number of nitrogens with zero attached hydrogens (tertiary/aromatic N) is 4. The van der Waals surface area contributed by atoms with Gasteiger partial charge in [-0.25, -0.2) is 9.48 Å². The van der Waals surface area contributed by atoms with Gasteiger partial charge in [0.2, 0.25) is 0 Å². The van der Waals surface area contributed by atoms with Crippen LogP contribution in [0.3, 0.4) is 0 Å². The first kappa shape index (κ1) is 18.6. The van der Waals surface area contributed by atoms with Crippen molar-refractivity contribution in [3.8, 4) is 6.07 Å². The quantitative estimate of drug-likeness (QED) is 0.870. The number of nitrogen functional groups attached to an aromatic ring is 1. The summed E-state index contributed by atoms with van der Waals surface area (Å²) in [6.45, 7) is 9.68. The molecular formula is C19H29N5O2. The maximum atomic E-state index is 12.6. The second-order valence-corrected chi connectivity index (χ2v) is 8.69. The molecule has 0 aromatic carbocycles. The van der Waals surface area contributed by atoms with E-state index in [1.54, 1.807) is 0 Å². The molecule has 142 valence electrons. The largest absolute Gasteiger partial charge is 0.444 e. The smallest absolute Gasteiger partial charge is 0.410 e. The highest BCUT2D eigenvalue weighted by molar-refractivity contribution is 5.69. The van der Waals surface area contributed by atoms with E-state index in [9.17, 15) is 10.1 Å². The Morgan fingerprint density at radius 3 is 2.31 bits per heavy atom. The molecule has 1 aliphatic heterocycles. The zero-order chi connectivity index (χ0) is 19.2. The second-order valence-electron chi connectivity index (χ2n) is 8.69. The highest BCUT2D eigenvalue weighted by Gasteiger charge is 2.39. The number of nitrogens with two attached hydrogens (primary N) is 1. The third-order valence-electron chi connectivity index (χ3n) is 5.18. The SMILES string of the molecule is CC1CC(n2nc(C3CC3)c(C#N)c2N)CC(C)N1C(=O)OC(C)(C)C. The van der Waals surface area contributed by atoms with E-state index < -0.39 is 5.60 Å². The number of carbonyl (C=O) groups excluding carboxylic acids is 1. The number of piperidine rings is 1. The molecule has 2 fully saturated rings. The number of hydrogen-bond acceptors (Lipinski definition) is 5. The Morgan fingerprint density at radius 1 is 1.27 bits per heavy atom. The Bertz CT molecular complexity index is 726. The van der Waals surface area contributed by atoms with Crippen LogP contribution in [0.5, 0.6) is 0 Å². The van der Waals surface area contributed by atoms with Gasteiger partial charge in [-0.3, -0.25) is 0 Å². The van der Waals surface area contributed by atoms with Gasteiger partial charge in [0.25, 0.3) is 0 Å². The molecule has 2 unspecified atom stereocenters. The fourth-order valence-electron chi connectivity index (χ4n) is 3.92. The summed E-state index contributed by atoms with van der Waals surface area (Å²) in [7, 11) is 0. The summed E-state index contributed by atoms with van der Waals surface area (Å²) in [6, 6.07) is 2.33. The fourth-order valence-corrected chi connectivity index (χ4v) is 3.92. The van der Waals surface area contributed by atoms with Gasteiger partial charge >= 0.3 is 6.09 Å². The van der Waals surface area contributed by atoms with Crippen LogP contribution >= 0.6 is 0 Å². The fraction of sp³-hybridized carbons (Fsp3) is 0.737. The summed E-state index contributed by atoms with van der Waals surface area (Å²) in [5, 5.41) is 14.2. The van der Waals surface area contributed by atoms with E-state index >= 15 is 0 Å². The van der Waals surface area contributed by atoms with Crippen LogP contribution in [-0.4, -0.2) is 38.5 Å². The van der Waals surface area contributed by atoms with Crippen molar-refractivity contribution in [1.29, 1.82) is 5.26 Å². The van der Waals surface area contributed by atoms with Gasteiger partial charge in [0.15, 0.2) is 0 Å². The minimum atomic E-state index is -0.513. The lowest BCUT2D eigenvalue weighted by atomic mass is 9.93. The molecule has 1 aliphatic carbocycles. The van der Waals surface area contributed by atoms with Gasteiger partial charge in [0.1, 0.15) is 23.1 Å². The molecule has 7 heteroatoms. The van der Waals surface area contributed by atoms with Gasteiger partial charge in [-0.15, -0.1) is 0 Å². The molecule has 0 bridgehead atoms. The summed E-state index contributed by atoms with van der Waals surface area (Å²) < 4.78 is 7.38. The van der Waals surface area contributed by atoms with Crippen LogP contribution in [0.4, 0.5) is 10.6 Å². The standard InChI is InChI=1S/C19H29N5O2/c1-11-8-14(9-12(2)23(11)18(25)26-19(3,4)5)24-17(21)15(10-20)16(22-24)13-6-7-13/h11-14H,6-9,21H2,1-5H3. The summed E-state index contributed by atoms with van der Waals surface area (Å²) in [5.74, 6) is 0.842. The van der Waals surface area contributed by atoms with Crippen LogP contribution in [0.15, 0.2) is 0 Å². The first-order valence-corrected chi connectivity index (χ1v) is 9.41. The molecule has 2 heterocycles. The Labute approximate surface area is 155 Å². The van der Waals surface area contributed by atoms with Crippen LogP contribution in [0, 0.1) is 11.3 Å². The summed E-state index contributed by atoms with van der Waals surface area (Å²) >= 11 is 0. The van der Waals surface area contributed by atoms with Crippen LogP contribution in [0.25, 0.3) is 0 Å². The van der Waals surface area contributed by atoms with E-state index in [-0.39, 0.29) is 24.2 Å². The lowest BCUT2D eigenvalue weighted by Crippen LogP contribution is -2.51. The normalized spacial score (nSPS) is 26.5. The van der Waals surface area contributed by atoms with Gasteiger partial charge in [-0.1, -0.05) is 0 Å². The first-order valence-electron chi connectivity index (χ1n) is 9.41. The monoisotopic (exact) mass is 359 g/mol. The molecule has 0 radical (unpaired) electrons. The van der Waals surface area contributed by atoms with Crippen molar-refractivity contribution in [3.05, 3.63) is 11.3 Å². The van der Waals surface area contributed by atoms with E-state index in [0.717, 1.165) is 31.4 Å². The molecule has 1 saturated carbocycles. The lowest BCUT2D eigenvalue weighted by Gasteiger charge is -2.43. The van der Waals surface area contributed by atoms with Crippen molar-refractivity contribution in [1.82, 2.24) is 14.7 Å². The van der Waals surface area contributed by atoms with E-state index in [1.807, 2.05) is 44.2 Å². The number of ether oxygens (including phenoxy) is 1. The first-order chi connectivity index (χ1) is 12.1. The van der Waals surface area contributed by atoms with Crippen LogP contribution in [0.1, 0.15) is 83.5 Å². The lowest BCUT2D eigenvalue weighted by molar-refractivity contribution is -0.00678. The predicted molar refractivity (Wildman–Crippen MR) is 98.6 cm³/mol. The molecular weight excluding hydrogens is 330 g/mol. The zero-order valence-corrected chi connectivity index (χ0v) is 16.3. The number of amides is 1. The highest BCUT2D eigenvalue weighted by atomic mass is 16.6. The number of anilines is 1. The number of rotatable bonds is 2. The molecule has 0 spiro atoms. The average molecular weight is 359 g/mol. The van der Waals surface area contributed by atoms with Crippen molar-refractivity contribution in [2.45, 2.75) is 89.9 Å². The molecule has 2 atom stereocenters. The van der Waals surface area contributed by atoms with Gasteiger partial charge in [-0.2, -0.15) is 10.4 Å². The van der Waals surface area contributed by atoms with Gasteiger partial charge in [0.05, 0.1) is 11.7 Å². The molecule has 1 amide bonds. The Hall–Kier alpha value is -2.23. The highest BCUT2D eigenvalue weighted by Crippen LogP contribution is 2.43. The third-order valence-corrected chi connectivity index (χ3v) is 5.18. The maximum absolute atomic E-state index is 12.6. The summed E-state index contributed by atoms with van der Waals surface area (Å²) in [5.41, 5.74) is 7.12. The van der Waals surface area contributed by atoms with E-state index in [1.165, 1.54) is 0 Å². The van der Waals surface area contributed by atoms with Crippen molar-refractivity contribution >= 4 is 11.9 Å². The van der Waals surface area contributed by atoms with Crippen molar-refractivity contribution in [3.63, 3.8) is 0 Å². The Morgan fingerprint density at radius 2 is 1.85 bits per heavy atom. The minimum absolute atomic E-state index is 0.0112. The van der Waals surface area contributed by atoms with Crippen LogP contribution in [0.2, 0.25) is 0 Å². The number of carbonyl (C=O) groups is 1. The Kier molecular flexibility index (Phi) is 4.63. The number of aromatic nitrogens is 2. The second kappa shape index (κ2) is 6.49. The number of hydrogen-bond donors (Lipinski definition) is 1. The zero-order valence-electron chi connectivity index (χ0n) is 16.3. The van der Waals surface area contributed by atoms with Gasteiger partial charge in [-0.05, 0) is 60.3 Å². The molecule has 1 saturated heterocycles. The molecule has 2 aliphatic rings. The Balaban J connectivity index is 1.80. The van der Waals surface area contributed by atoms with Crippen molar-refractivity contribution in [2.75, 3.05) is 5.73 Å².